The van der Waals surface area contributed by atoms with Gasteiger partial charge in [0.1, 0.15) is 12.4 Å². The average molecular weight is 437 g/mol. The van der Waals surface area contributed by atoms with E-state index in [2.05, 4.69) is 9.88 Å². The Hall–Kier alpha value is -2.78. The topological polar surface area (TPSA) is 78.7 Å². The highest BCUT2D eigenvalue weighted by Crippen LogP contribution is 2.23. The number of fused-ring (bicyclic) bond motifs is 2. The lowest BCUT2D eigenvalue weighted by atomic mass is 10.1. The van der Waals surface area contributed by atoms with Gasteiger partial charge in [0, 0.05) is 26.2 Å². The number of aromatic nitrogens is 2. The van der Waals surface area contributed by atoms with Gasteiger partial charge in [-0.15, -0.1) is 0 Å². The molecule has 1 aromatic heterocycles. The van der Waals surface area contributed by atoms with E-state index in [-0.39, 0.29) is 6.61 Å². The third-order valence-corrected chi connectivity index (χ3v) is 7.80. The monoisotopic (exact) mass is 436 g/mol. The molecule has 0 radical (unpaired) electrons. The Morgan fingerprint density at radius 1 is 0.871 bits per heavy atom. The third-order valence-electron chi connectivity index (χ3n) is 5.91. The summed E-state index contributed by atoms with van der Waals surface area (Å²) in [6.45, 7) is 2.52. The predicted octanol–water partition coefficient (Wildman–Crippen LogP) is 2.65. The van der Waals surface area contributed by atoms with Gasteiger partial charge in [0.25, 0.3) is 0 Å². The maximum atomic E-state index is 13.2. The minimum absolute atomic E-state index is 0.134. The molecule has 5 rings (SSSR count). The third kappa shape index (κ3) is 3.72. The van der Waals surface area contributed by atoms with E-state index in [1.165, 1.54) is 0 Å². The number of hydrogen-bond donors (Lipinski definition) is 1. The van der Waals surface area contributed by atoms with Gasteiger partial charge in [-0.05, 0) is 35.0 Å². The van der Waals surface area contributed by atoms with Crippen molar-refractivity contribution in [3.05, 3.63) is 72.6 Å². The van der Waals surface area contributed by atoms with Crippen molar-refractivity contribution in [2.24, 2.45) is 0 Å². The molecule has 0 spiro atoms. The van der Waals surface area contributed by atoms with Crippen LogP contribution in [0.1, 0.15) is 5.82 Å². The van der Waals surface area contributed by atoms with Crippen LogP contribution in [-0.2, 0) is 23.3 Å². The number of hydrogen-bond acceptors (Lipinski definition) is 5. The summed E-state index contributed by atoms with van der Waals surface area (Å²) in [4.78, 5) is 7.03. The highest BCUT2D eigenvalue weighted by molar-refractivity contribution is 7.89. The predicted molar refractivity (Wildman–Crippen MR) is 120 cm³/mol. The minimum Gasteiger partial charge on any atom is -0.388 e. The standard InChI is InChI=1S/C23H24N4O3S/c28-16-23-24-21-7-3-4-8-22(21)27(23)17-25-11-13-26(14-12-25)31(29,30)20-10-9-18-5-1-2-6-19(18)15-20/h1-10,15,28H,11-14,16-17H2. The molecular weight excluding hydrogens is 412 g/mol. The molecule has 0 saturated carbocycles. The number of piperazine rings is 1. The van der Waals surface area contributed by atoms with Gasteiger partial charge in [-0.2, -0.15) is 4.31 Å². The number of rotatable bonds is 5. The van der Waals surface area contributed by atoms with Crippen LogP contribution >= 0.6 is 0 Å². The van der Waals surface area contributed by atoms with Gasteiger partial charge in [-0.3, -0.25) is 4.90 Å². The fourth-order valence-electron chi connectivity index (χ4n) is 4.19. The number of imidazole rings is 1. The minimum atomic E-state index is -3.54. The van der Waals surface area contributed by atoms with Crippen molar-refractivity contribution in [1.82, 2.24) is 18.8 Å². The number of para-hydroxylation sites is 2. The molecule has 2 heterocycles. The molecule has 1 N–H and O–H groups in total. The zero-order chi connectivity index (χ0) is 21.4. The lowest BCUT2D eigenvalue weighted by Crippen LogP contribution is -2.48. The molecule has 7 nitrogen and oxygen atoms in total. The molecule has 1 aliphatic rings. The van der Waals surface area contributed by atoms with Crippen LogP contribution in [-0.4, -0.2) is 58.5 Å². The second kappa shape index (κ2) is 8.05. The summed E-state index contributed by atoms with van der Waals surface area (Å²) in [5.41, 5.74) is 1.82. The zero-order valence-corrected chi connectivity index (χ0v) is 17.9. The van der Waals surface area contributed by atoms with Crippen LogP contribution in [0, 0.1) is 0 Å². The summed E-state index contributed by atoms with van der Waals surface area (Å²) >= 11 is 0. The van der Waals surface area contributed by atoms with Gasteiger partial charge >= 0.3 is 0 Å². The first-order valence-corrected chi connectivity index (χ1v) is 11.8. The maximum absolute atomic E-state index is 13.2. The molecule has 4 aromatic rings. The molecule has 1 fully saturated rings. The SMILES string of the molecule is O=S(=O)(c1ccc2ccccc2c1)N1CCN(Cn2c(CO)nc3ccccc32)CC1. The first-order chi connectivity index (χ1) is 15.1. The second-order valence-corrected chi connectivity index (χ2v) is 9.71. The molecule has 0 amide bonds. The summed E-state index contributed by atoms with van der Waals surface area (Å²) in [6.07, 6.45) is 0. The van der Waals surface area contributed by atoms with Gasteiger partial charge < -0.3 is 9.67 Å². The van der Waals surface area contributed by atoms with Crippen LogP contribution in [0.3, 0.4) is 0 Å². The number of aliphatic hydroxyl groups is 1. The van der Waals surface area contributed by atoms with E-state index >= 15 is 0 Å². The molecule has 8 heteroatoms. The molecular formula is C23H24N4O3S. The van der Waals surface area contributed by atoms with Crippen LogP contribution in [0.15, 0.2) is 71.6 Å². The lowest BCUT2D eigenvalue weighted by molar-refractivity contribution is 0.148. The Morgan fingerprint density at radius 3 is 2.35 bits per heavy atom. The van der Waals surface area contributed by atoms with Crippen LogP contribution < -0.4 is 0 Å². The first-order valence-electron chi connectivity index (χ1n) is 10.3. The second-order valence-electron chi connectivity index (χ2n) is 7.78. The highest BCUT2D eigenvalue weighted by atomic mass is 32.2. The van der Waals surface area contributed by atoms with E-state index in [0.29, 0.717) is 43.6 Å². The van der Waals surface area contributed by atoms with Crippen LogP contribution in [0.2, 0.25) is 0 Å². The molecule has 0 bridgehead atoms. The molecule has 0 atom stereocenters. The van der Waals surface area contributed by atoms with E-state index in [1.807, 2.05) is 59.2 Å². The Balaban J connectivity index is 1.32. The van der Waals surface area contributed by atoms with Gasteiger partial charge in [0.2, 0.25) is 10.0 Å². The van der Waals surface area contributed by atoms with E-state index in [9.17, 15) is 13.5 Å². The number of nitrogens with zero attached hydrogens (tertiary/aromatic N) is 4. The first kappa shape index (κ1) is 20.1. The Kier molecular flexibility index (Phi) is 5.23. The Labute approximate surface area is 181 Å². The van der Waals surface area contributed by atoms with Crippen LogP contribution in [0.5, 0.6) is 0 Å². The van der Waals surface area contributed by atoms with E-state index in [4.69, 9.17) is 0 Å². The molecule has 0 aliphatic carbocycles. The van der Waals surface area contributed by atoms with E-state index in [0.717, 1.165) is 21.8 Å². The Morgan fingerprint density at radius 2 is 1.58 bits per heavy atom. The van der Waals surface area contributed by atoms with Crippen LogP contribution in [0.4, 0.5) is 0 Å². The quantitative estimate of drug-likeness (QED) is 0.520. The summed E-state index contributed by atoms with van der Waals surface area (Å²) in [5.74, 6) is 0.618. The number of aliphatic hydroxyl groups excluding tert-OH is 1. The lowest BCUT2D eigenvalue weighted by Gasteiger charge is -2.34. The molecule has 3 aromatic carbocycles. The largest absolute Gasteiger partial charge is 0.388 e. The molecule has 31 heavy (non-hydrogen) atoms. The van der Waals surface area contributed by atoms with Crippen molar-refractivity contribution in [3.8, 4) is 0 Å². The van der Waals surface area contributed by atoms with E-state index < -0.39 is 10.0 Å². The van der Waals surface area contributed by atoms with Crippen molar-refractivity contribution in [2.45, 2.75) is 18.2 Å². The van der Waals surface area contributed by atoms with Gasteiger partial charge in [-0.1, -0.05) is 42.5 Å². The Bertz CT molecular complexity index is 1340. The smallest absolute Gasteiger partial charge is 0.243 e. The maximum Gasteiger partial charge on any atom is 0.243 e. The number of sulfonamides is 1. The summed E-state index contributed by atoms with van der Waals surface area (Å²) in [5, 5.41) is 11.7. The van der Waals surface area contributed by atoms with Gasteiger partial charge in [0.05, 0.1) is 22.6 Å². The van der Waals surface area contributed by atoms with Crippen molar-refractivity contribution in [3.63, 3.8) is 0 Å². The summed E-state index contributed by atoms with van der Waals surface area (Å²) in [7, 11) is -3.54. The highest BCUT2D eigenvalue weighted by Gasteiger charge is 2.29. The van der Waals surface area contributed by atoms with E-state index in [1.54, 1.807) is 16.4 Å². The summed E-state index contributed by atoms with van der Waals surface area (Å²) < 4.78 is 29.9. The van der Waals surface area contributed by atoms with Crippen molar-refractivity contribution < 1.29 is 13.5 Å². The van der Waals surface area contributed by atoms with Crippen molar-refractivity contribution >= 4 is 31.8 Å². The molecule has 0 unspecified atom stereocenters. The van der Waals surface area contributed by atoms with Crippen LogP contribution in [0.25, 0.3) is 21.8 Å². The van der Waals surface area contributed by atoms with Gasteiger partial charge in [0.15, 0.2) is 0 Å². The zero-order valence-electron chi connectivity index (χ0n) is 17.1. The number of benzene rings is 3. The fourth-order valence-corrected chi connectivity index (χ4v) is 5.65. The van der Waals surface area contributed by atoms with Crippen molar-refractivity contribution in [1.29, 1.82) is 0 Å². The van der Waals surface area contributed by atoms with Gasteiger partial charge in [-0.25, -0.2) is 13.4 Å². The van der Waals surface area contributed by atoms with Crippen molar-refractivity contribution in [2.75, 3.05) is 26.2 Å². The average Bonchev–Trinajstić information content (AvgIpc) is 3.16. The molecule has 1 aliphatic heterocycles. The normalized spacial score (nSPS) is 16.3. The molecule has 1 saturated heterocycles. The summed E-state index contributed by atoms with van der Waals surface area (Å²) in [6, 6.07) is 20.9. The fraction of sp³-hybridized carbons (Fsp3) is 0.261. The molecule has 160 valence electrons.